The molecule has 3 heteroatoms. The van der Waals surface area contributed by atoms with E-state index < -0.39 is 5.97 Å². The van der Waals surface area contributed by atoms with Gasteiger partial charge in [0.05, 0.1) is 5.92 Å². The lowest BCUT2D eigenvalue weighted by molar-refractivity contribution is -0.144. The first-order chi connectivity index (χ1) is 9.58. The molecule has 110 valence electrons. The van der Waals surface area contributed by atoms with Crippen LogP contribution in [0.15, 0.2) is 24.3 Å². The Kier molecular flexibility index (Phi) is 5.18. The molecule has 0 bridgehead atoms. The molecule has 1 fully saturated rings. The number of benzene rings is 1. The second kappa shape index (κ2) is 6.89. The summed E-state index contributed by atoms with van der Waals surface area (Å²) in [6, 6.07) is 8.77. The number of carboxylic acids is 1. The molecule has 3 nitrogen and oxygen atoms in total. The predicted molar refractivity (Wildman–Crippen MR) is 80.9 cm³/mol. The number of hydrogen-bond donors (Lipinski definition) is 1. The van der Waals surface area contributed by atoms with Crippen LogP contribution in [0, 0.1) is 11.8 Å². The van der Waals surface area contributed by atoms with Crippen molar-refractivity contribution in [2.45, 2.75) is 33.1 Å². The summed E-state index contributed by atoms with van der Waals surface area (Å²) in [5.41, 5.74) is 2.71. The molecule has 1 aliphatic rings. The SMILES string of the molecule is CCc1ccc(CCN2CC(C)CC(C(=O)O)C2)cc1. The molecule has 2 atom stereocenters. The van der Waals surface area contributed by atoms with E-state index in [1.54, 1.807) is 0 Å². The van der Waals surface area contributed by atoms with E-state index in [2.05, 4.69) is 43.0 Å². The van der Waals surface area contributed by atoms with Gasteiger partial charge in [-0.2, -0.15) is 0 Å². The zero-order valence-electron chi connectivity index (χ0n) is 12.5. The Morgan fingerprint density at radius 1 is 1.25 bits per heavy atom. The molecule has 0 aliphatic carbocycles. The van der Waals surface area contributed by atoms with Gasteiger partial charge in [0.15, 0.2) is 0 Å². The third-order valence-corrected chi connectivity index (χ3v) is 4.23. The van der Waals surface area contributed by atoms with Crippen LogP contribution in [-0.2, 0) is 17.6 Å². The first-order valence-electron chi connectivity index (χ1n) is 7.61. The smallest absolute Gasteiger partial charge is 0.307 e. The third-order valence-electron chi connectivity index (χ3n) is 4.23. The van der Waals surface area contributed by atoms with Gasteiger partial charge in [-0.05, 0) is 36.3 Å². The molecule has 1 aromatic carbocycles. The lowest BCUT2D eigenvalue weighted by atomic mass is 9.90. The molecule has 1 aliphatic heterocycles. The molecule has 0 amide bonds. The van der Waals surface area contributed by atoms with Crippen LogP contribution in [0.25, 0.3) is 0 Å². The Morgan fingerprint density at radius 3 is 2.50 bits per heavy atom. The Hall–Kier alpha value is -1.35. The van der Waals surface area contributed by atoms with E-state index >= 15 is 0 Å². The summed E-state index contributed by atoms with van der Waals surface area (Å²) in [7, 11) is 0. The average Bonchev–Trinajstić information content (AvgIpc) is 2.45. The second-order valence-electron chi connectivity index (χ2n) is 6.06. The minimum absolute atomic E-state index is 0.193. The van der Waals surface area contributed by atoms with E-state index in [4.69, 9.17) is 0 Å². The number of likely N-dealkylation sites (tertiary alicyclic amines) is 1. The maximum atomic E-state index is 11.2. The Bertz CT molecular complexity index is 441. The topological polar surface area (TPSA) is 40.5 Å². The van der Waals surface area contributed by atoms with Crippen molar-refractivity contribution in [1.82, 2.24) is 4.90 Å². The highest BCUT2D eigenvalue weighted by Crippen LogP contribution is 2.22. The average molecular weight is 275 g/mol. The quantitative estimate of drug-likeness (QED) is 0.898. The van der Waals surface area contributed by atoms with Crippen LogP contribution in [0.2, 0.25) is 0 Å². The van der Waals surface area contributed by atoms with Gasteiger partial charge in [-0.1, -0.05) is 38.1 Å². The summed E-state index contributed by atoms with van der Waals surface area (Å²) in [4.78, 5) is 13.5. The van der Waals surface area contributed by atoms with Gasteiger partial charge < -0.3 is 10.0 Å². The van der Waals surface area contributed by atoms with Gasteiger partial charge in [-0.15, -0.1) is 0 Å². The molecule has 2 rings (SSSR count). The molecule has 0 saturated carbocycles. The molecule has 2 unspecified atom stereocenters. The number of aryl methyl sites for hydroxylation is 1. The number of hydrogen-bond acceptors (Lipinski definition) is 2. The van der Waals surface area contributed by atoms with Gasteiger partial charge in [0, 0.05) is 19.6 Å². The van der Waals surface area contributed by atoms with Crippen LogP contribution in [0.1, 0.15) is 31.4 Å². The van der Waals surface area contributed by atoms with E-state index in [9.17, 15) is 9.90 Å². The number of nitrogens with zero attached hydrogens (tertiary/aromatic N) is 1. The van der Waals surface area contributed by atoms with Crippen LogP contribution in [0.3, 0.4) is 0 Å². The van der Waals surface area contributed by atoms with Crippen LogP contribution >= 0.6 is 0 Å². The fourth-order valence-electron chi connectivity index (χ4n) is 3.05. The molecule has 20 heavy (non-hydrogen) atoms. The molecule has 1 saturated heterocycles. The third kappa shape index (κ3) is 4.07. The van der Waals surface area contributed by atoms with Gasteiger partial charge in [-0.25, -0.2) is 0 Å². The highest BCUT2D eigenvalue weighted by Gasteiger charge is 2.28. The number of carboxylic acid groups (broad SMARTS) is 1. The van der Waals surface area contributed by atoms with Gasteiger partial charge in [0.1, 0.15) is 0 Å². The van der Waals surface area contributed by atoms with E-state index in [1.807, 2.05) is 0 Å². The van der Waals surface area contributed by atoms with Crippen LogP contribution in [0.5, 0.6) is 0 Å². The summed E-state index contributed by atoms with van der Waals surface area (Å²) < 4.78 is 0. The van der Waals surface area contributed by atoms with Crippen molar-refractivity contribution in [3.8, 4) is 0 Å². The molecule has 1 aromatic rings. The highest BCUT2D eigenvalue weighted by molar-refractivity contribution is 5.70. The Morgan fingerprint density at radius 2 is 1.90 bits per heavy atom. The number of carbonyl (C=O) groups is 1. The van der Waals surface area contributed by atoms with Crippen molar-refractivity contribution in [3.05, 3.63) is 35.4 Å². The lowest BCUT2D eigenvalue weighted by Gasteiger charge is -2.34. The fraction of sp³-hybridized carbons (Fsp3) is 0.588. The molecular weight excluding hydrogens is 250 g/mol. The number of aliphatic carboxylic acids is 1. The van der Waals surface area contributed by atoms with E-state index in [0.29, 0.717) is 12.5 Å². The summed E-state index contributed by atoms with van der Waals surface area (Å²) >= 11 is 0. The molecule has 0 spiro atoms. The summed E-state index contributed by atoms with van der Waals surface area (Å²) in [6.07, 6.45) is 2.89. The maximum Gasteiger partial charge on any atom is 0.307 e. The zero-order chi connectivity index (χ0) is 14.5. The first kappa shape index (κ1) is 15.0. The second-order valence-corrected chi connectivity index (χ2v) is 6.06. The maximum absolute atomic E-state index is 11.2. The predicted octanol–water partition coefficient (Wildman–Crippen LogP) is 2.83. The summed E-state index contributed by atoms with van der Waals surface area (Å²) in [6.45, 7) is 7.00. The molecular formula is C17H25NO2. The number of rotatable bonds is 5. The van der Waals surface area contributed by atoms with Crippen molar-refractivity contribution < 1.29 is 9.90 Å². The normalized spacial score (nSPS) is 23.7. The summed E-state index contributed by atoms with van der Waals surface area (Å²) in [5.74, 6) is -0.359. The minimum Gasteiger partial charge on any atom is -0.481 e. The highest BCUT2D eigenvalue weighted by atomic mass is 16.4. The van der Waals surface area contributed by atoms with Crippen molar-refractivity contribution in [2.24, 2.45) is 11.8 Å². The van der Waals surface area contributed by atoms with Crippen molar-refractivity contribution in [3.63, 3.8) is 0 Å². The monoisotopic (exact) mass is 275 g/mol. The van der Waals surface area contributed by atoms with E-state index in [-0.39, 0.29) is 5.92 Å². The van der Waals surface area contributed by atoms with Crippen LogP contribution in [-0.4, -0.2) is 35.6 Å². The lowest BCUT2D eigenvalue weighted by Crippen LogP contribution is -2.43. The van der Waals surface area contributed by atoms with Crippen molar-refractivity contribution >= 4 is 5.97 Å². The molecule has 0 radical (unpaired) electrons. The largest absolute Gasteiger partial charge is 0.481 e. The molecule has 0 aromatic heterocycles. The molecule has 1 N–H and O–H groups in total. The van der Waals surface area contributed by atoms with Crippen LogP contribution < -0.4 is 0 Å². The molecule has 1 heterocycles. The van der Waals surface area contributed by atoms with Gasteiger partial charge >= 0.3 is 5.97 Å². The summed E-state index contributed by atoms with van der Waals surface area (Å²) in [5, 5.41) is 9.19. The standard InChI is InChI=1S/C17H25NO2/c1-3-14-4-6-15(7-5-14)8-9-18-11-13(2)10-16(12-18)17(19)20/h4-7,13,16H,3,8-12H2,1-2H3,(H,19,20). The van der Waals surface area contributed by atoms with Gasteiger partial charge in [0.2, 0.25) is 0 Å². The van der Waals surface area contributed by atoms with Crippen LogP contribution in [0.4, 0.5) is 0 Å². The Labute approximate surface area is 121 Å². The van der Waals surface area contributed by atoms with Crippen molar-refractivity contribution in [1.29, 1.82) is 0 Å². The fourth-order valence-corrected chi connectivity index (χ4v) is 3.05. The number of piperidine rings is 1. The van der Waals surface area contributed by atoms with E-state index in [1.165, 1.54) is 11.1 Å². The Balaban J connectivity index is 1.87. The van der Waals surface area contributed by atoms with Crippen molar-refractivity contribution in [2.75, 3.05) is 19.6 Å². The van der Waals surface area contributed by atoms with E-state index in [0.717, 1.165) is 32.4 Å². The first-order valence-corrected chi connectivity index (χ1v) is 7.61. The van der Waals surface area contributed by atoms with Gasteiger partial charge in [0.25, 0.3) is 0 Å². The zero-order valence-corrected chi connectivity index (χ0v) is 12.5. The minimum atomic E-state index is -0.645. The van der Waals surface area contributed by atoms with Gasteiger partial charge in [-0.3, -0.25) is 4.79 Å².